The van der Waals surface area contributed by atoms with Gasteiger partial charge in [0.05, 0.1) is 7.11 Å². The maximum atomic E-state index is 10.7. The third-order valence-electron chi connectivity index (χ3n) is 1.82. The van der Waals surface area contributed by atoms with Gasteiger partial charge in [-0.15, -0.1) is 0 Å². The Kier molecular flexibility index (Phi) is 3.14. The van der Waals surface area contributed by atoms with Gasteiger partial charge in [0.15, 0.2) is 0 Å². The number of alkyl carbamates (subject to hydrolysis) is 1. The molecular weight excluding hydrogens is 154 g/mol. The van der Waals surface area contributed by atoms with Crippen LogP contribution in [0.1, 0.15) is 19.8 Å². The highest BCUT2D eigenvalue weighted by molar-refractivity contribution is 5.67. The first-order valence-electron chi connectivity index (χ1n) is 4.25. The lowest BCUT2D eigenvalue weighted by Crippen LogP contribution is -2.30. The first-order valence-corrected chi connectivity index (χ1v) is 4.25. The molecule has 68 valence electrons. The first kappa shape index (κ1) is 9.10. The van der Waals surface area contributed by atoms with Crippen molar-refractivity contribution in [3.8, 4) is 0 Å². The highest BCUT2D eigenvalue weighted by Crippen LogP contribution is 2.30. The second-order valence-corrected chi connectivity index (χ2v) is 3.15. The fraction of sp³-hybridized carbons (Fsp3) is 0.667. The highest BCUT2D eigenvalue weighted by atomic mass is 16.5. The predicted octanol–water partition coefficient (Wildman–Crippen LogP) is 1.70. The van der Waals surface area contributed by atoms with E-state index < -0.39 is 0 Å². The quantitative estimate of drug-likeness (QED) is 0.653. The Bertz CT molecular complexity index is 185. The second kappa shape index (κ2) is 4.14. The van der Waals surface area contributed by atoms with Crippen LogP contribution in [0.25, 0.3) is 0 Å². The monoisotopic (exact) mass is 169 g/mol. The molecule has 1 rings (SSSR count). The fourth-order valence-corrected chi connectivity index (χ4v) is 0.905. The van der Waals surface area contributed by atoms with Crippen LogP contribution in [-0.4, -0.2) is 19.2 Å². The molecule has 1 saturated carbocycles. The molecule has 1 aliphatic rings. The summed E-state index contributed by atoms with van der Waals surface area (Å²) in [6, 6.07) is 0.0676. The lowest BCUT2D eigenvalue weighted by Gasteiger charge is -2.07. The maximum absolute atomic E-state index is 10.7. The standard InChI is InChI=1S/C9H15NO2/c1-7(10-9(11)12-2)3-4-8-5-6-8/h3-4,7-8H,5-6H2,1-2H3,(H,10,11). The number of methoxy groups -OCH3 is 1. The van der Waals surface area contributed by atoms with Crippen molar-refractivity contribution in [3.63, 3.8) is 0 Å². The van der Waals surface area contributed by atoms with Crippen LogP contribution < -0.4 is 5.32 Å². The Balaban J connectivity index is 2.17. The fourth-order valence-electron chi connectivity index (χ4n) is 0.905. The SMILES string of the molecule is COC(=O)NC(C)C=CC1CC1. The van der Waals surface area contributed by atoms with E-state index in [0.29, 0.717) is 0 Å². The van der Waals surface area contributed by atoms with Crippen LogP contribution in [0.5, 0.6) is 0 Å². The van der Waals surface area contributed by atoms with Gasteiger partial charge in [-0.3, -0.25) is 0 Å². The molecule has 0 aromatic rings. The molecule has 1 N–H and O–H groups in total. The predicted molar refractivity (Wildman–Crippen MR) is 46.9 cm³/mol. The lowest BCUT2D eigenvalue weighted by atomic mass is 10.2. The molecule has 0 bridgehead atoms. The average molecular weight is 169 g/mol. The molecule has 3 heteroatoms. The van der Waals surface area contributed by atoms with Gasteiger partial charge < -0.3 is 10.1 Å². The number of carbonyl (C=O) groups is 1. The summed E-state index contributed by atoms with van der Waals surface area (Å²) in [6.45, 7) is 1.93. The van der Waals surface area contributed by atoms with Gasteiger partial charge >= 0.3 is 6.09 Å². The van der Waals surface area contributed by atoms with Crippen molar-refractivity contribution in [2.45, 2.75) is 25.8 Å². The summed E-state index contributed by atoms with van der Waals surface area (Å²) in [4.78, 5) is 10.7. The number of nitrogens with one attached hydrogen (secondary N) is 1. The van der Waals surface area contributed by atoms with Gasteiger partial charge in [0, 0.05) is 6.04 Å². The van der Waals surface area contributed by atoms with Crippen molar-refractivity contribution in [2.75, 3.05) is 7.11 Å². The average Bonchev–Trinajstić information content (AvgIpc) is 2.83. The van der Waals surface area contributed by atoms with Gasteiger partial charge in [-0.25, -0.2) is 4.79 Å². The number of amides is 1. The van der Waals surface area contributed by atoms with Crippen LogP contribution >= 0.6 is 0 Å². The topological polar surface area (TPSA) is 38.3 Å². The van der Waals surface area contributed by atoms with E-state index >= 15 is 0 Å². The van der Waals surface area contributed by atoms with E-state index in [1.165, 1.54) is 20.0 Å². The summed E-state index contributed by atoms with van der Waals surface area (Å²) < 4.78 is 4.46. The lowest BCUT2D eigenvalue weighted by molar-refractivity contribution is 0.169. The van der Waals surface area contributed by atoms with E-state index in [2.05, 4.69) is 16.1 Å². The third kappa shape index (κ3) is 3.42. The van der Waals surface area contributed by atoms with Crippen LogP contribution in [0.2, 0.25) is 0 Å². The van der Waals surface area contributed by atoms with Crippen molar-refractivity contribution >= 4 is 6.09 Å². The molecule has 1 amide bonds. The second-order valence-electron chi connectivity index (χ2n) is 3.15. The molecule has 0 aliphatic heterocycles. The molecule has 0 radical (unpaired) electrons. The third-order valence-corrected chi connectivity index (χ3v) is 1.82. The zero-order chi connectivity index (χ0) is 8.97. The van der Waals surface area contributed by atoms with Gasteiger partial charge in [-0.05, 0) is 25.7 Å². The number of hydrogen-bond donors (Lipinski definition) is 1. The van der Waals surface area contributed by atoms with Gasteiger partial charge in [0.1, 0.15) is 0 Å². The van der Waals surface area contributed by atoms with E-state index in [4.69, 9.17) is 0 Å². The molecule has 0 heterocycles. The summed E-state index contributed by atoms with van der Waals surface area (Å²) in [5.41, 5.74) is 0. The van der Waals surface area contributed by atoms with E-state index in [0.717, 1.165) is 5.92 Å². The summed E-state index contributed by atoms with van der Waals surface area (Å²) in [7, 11) is 1.37. The van der Waals surface area contributed by atoms with Crippen LogP contribution in [0, 0.1) is 5.92 Å². The van der Waals surface area contributed by atoms with E-state index in [9.17, 15) is 4.79 Å². The van der Waals surface area contributed by atoms with Crippen LogP contribution in [0.15, 0.2) is 12.2 Å². The smallest absolute Gasteiger partial charge is 0.407 e. The molecule has 0 aromatic heterocycles. The Labute approximate surface area is 72.8 Å². The number of carbonyl (C=O) groups excluding carboxylic acids is 1. The van der Waals surface area contributed by atoms with Crippen molar-refractivity contribution in [1.29, 1.82) is 0 Å². The zero-order valence-electron chi connectivity index (χ0n) is 7.54. The molecule has 0 aromatic carbocycles. The molecule has 1 unspecified atom stereocenters. The Morgan fingerprint density at radius 3 is 2.83 bits per heavy atom. The molecule has 0 saturated heterocycles. The normalized spacial score (nSPS) is 19.2. The van der Waals surface area contributed by atoms with E-state index in [1.807, 2.05) is 13.0 Å². The first-order chi connectivity index (χ1) is 5.72. The number of ether oxygens (including phenoxy) is 1. The summed E-state index contributed by atoms with van der Waals surface area (Å²) in [6.07, 6.45) is 6.38. The largest absolute Gasteiger partial charge is 0.453 e. The van der Waals surface area contributed by atoms with Crippen molar-refractivity contribution in [3.05, 3.63) is 12.2 Å². The van der Waals surface area contributed by atoms with Crippen LogP contribution in [0.3, 0.4) is 0 Å². The number of rotatable bonds is 3. The minimum absolute atomic E-state index is 0.0676. The molecule has 1 fully saturated rings. The van der Waals surface area contributed by atoms with Gasteiger partial charge in [0.25, 0.3) is 0 Å². The van der Waals surface area contributed by atoms with Crippen LogP contribution in [0.4, 0.5) is 4.79 Å². The van der Waals surface area contributed by atoms with Crippen molar-refractivity contribution in [1.82, 2.24) is 5.32 Å². The molecule has 1 aliphatic carbocycles. The van der Waals surface area contributed by atoms with Crippen LogP contribution in [-0.2, 0) is 4.74 Å². The Hall–Kier alpha value is -0.990. The van der Waals surface area contributed by atoms with Crippen molar-refractivity contribution in [2.24, 2.45) is 5.92 Å². The molecule has 1 atom stereocenters. The molecular formula is C9H15NO2. The maximum Gasteiger partial charge on any atom is 0.407 e. The molecule has 12 heavy (non-hydrogen) atoms. The summed E-state index contributed by atoms with van der Waals surface area (Å²) in [5, 5.41) is 2.66. The summed E-state index contributed by atoms with van der Waals surface area (Å²) in [5.74, 6) is 0.756. The Morgan fingerprint density at radius 1 is 1.67 bits per heavy atom. The zero-order valence-corrected chi connectivity index (χ0v) is 7.54. The van der Waals surface area contributed by atoms with E-state index in [-0.39, 0.29) is 12.1 Å². The molecule has 3 nitrogen and oxygen atoms in total. The van der Waals surface area contributed by atoms with Gasteiger partial charge in [-0.2, -0.15) is 0 Å². The van der Waals surface area contributed by atoms with Gasteiger partial charge in [-0.1, -0.05) is 12.2 Å². The Morgan fingerprint density at radius 2 is 2.33 bits per heavy atom. The number of allylic oxidation sites excluding steroid dienone is 1. The molecule has 0 spiro atoms. The van der Waals surface area contributed by atoms with E-state index in [1.54, 1.807) is 0 Å². The van der Waals surface area contributed by atoms with Crippen molar-refractivity contribution < 1.29 is 9.53 Å². The minimum atomic E-state index is -0.372. The highest BCUT2D eigenvalue weighted by Gasteiger charge is 2.17. The summed E-state index contributed by atoms with van der Waals surface area (Å²) >= 11 is 0. The number of hydrogen-bond acceptors (Lipinski definition) is 2. The minimum Gasteiger partial charge on any atom is -0.453 e. The van der Waals surface area contributed by atoms with Gasteiger partial charge in [0.2, 0.25) is 0 Å².